The van der Waals surface area contributed by atoms with Gasteiger partial charge in [0, 0.05) is 18.3 Å². The van der Waals surface area contributed by atoms with Gasteiger partial charge in [-0.1, -0.05) is 6.07 Å². The lowest BCUT2D eigenvalue weighted by Gasteiger charge is -2.14. The summed E-state index contributed by atoms with van der Waals surface area (Å²) >= 11 is 0. The Bertz CT molecular complexity index is 737. The average molecular weight is 390 g/mol. The molecule has 1 saturated carbocycles. The van der Waals surface area contributed by atoms with Gasteiger partial charge >= 0.3 is 0 Å². The summed E-state index contributed by atoms with van der Waals surface area (Å²) < 4.78 is 33.1. The fourth-order valence-corrected chi connectivity index (χ4v) is 4.32. The molecule has 2 atom stereocenters. The molecule has 0 bridgehead atoms. The molecule has 9 heteroatoms. The molecule has 1 saturated heterocycles. The first-order chi connectivity index (χ1) is 11.4. The van der Waals surface area contributed by atoms with Crippen LogP contribution in [0.5, 0.6) is 0 Å². The van der Waals surface area contributed by atoms with Crippen molar-refractivity contribution in [2.45, 2.75) is 55.8 Å². The third-order valence-electron chi connectivity index (χ3n) is 4.31. The Morgan fingerprint density at radius 2 is 2.00 bits per heavy atom. The molecule has 1 aliphatic heterocycles. The van der Waals surface area contributed by atoms with E-state index in [2.05, 4.69) is 10.0 Å². The smallest absolute Gasteiger partial charge is 0.253 e. The number of nitrogens with one attached hydrogen (secondary N) is 2. The van der Waals surface area contributed by atoms with Crippen LogP contribution in [0.4, 0.5) is 5.69 Å². The minimum Gasteiger partial charge on any atom is -0.364 e. The highest BCUT2D eigenvalue weighted by molar-refractivity contribution is 7.89. The summed E-state index contributed by atoms with van der Waals surface area (Å²) in [5.41, 5.74) is 6.63. The molecule has 1 heterocycles. The van der Waals surface area contributed by atoms with Crippen LogP contribution in [-0.2, 0) is 19.6 Å². The molecule has 0 spiro atoms. The fraction of sp³-hybridized carbons (Fsp3) is 0.562. The zero-order chi connectivity index (χ0) is 17.3. The van der Waals surface area contributed by atoms with E-state index < -0.39 is 16.1 Å². The van der Waals surface area contributed by atoms with E-state index in [9.17, 15) is 13.2 Å². The number of hydrogen-bond donors (Lipinski definition) is 3. The fourth-order valence-electron chi connectivity index (χ4n) is 2.75. The van der Waals surface area contributed by atoms with Crippen LogP contribution in [0.2, 0.25) is 0 Å². The number of ether oxygens (including phenoxy) is 1. The zero-order valence-corrected chi connectivity index (χ0v) is 15.7. The largest absolute Gasteiger partial charge is 0.364 e. The summed E-state index contributed by atoms with van der Waals surface area (Å²) in [5.74, 6) is -0.270. The summed E-state index contributed by atoms with van der Waals surface area (Å²) in [6, 6.07) is 4.91. The molecule has 1 aromatic carbocycles. The Labute approximate surface area is 154 Å². The van der Waals surface area contributed by atoms with Gasteiger partial charge in [0.25, 0.3) is 5.91 Å². The SMILES string of the molecule is Cc1ccc(NC(=O)[C@@H]2CC[C@H](CN)O2)cc1S(=O)(=O)NC1CC1.Cl. The van der Waals surface area contributed by atoms with Crippen LogP contribution in [0.25, 0.3) is 0 Å². The Hall–Kier alpha value is -1.19. The third kappa shape index (κ3) is 4.92. The molecule has 0 radical (unpaired) electrons. The van der Waals surface area contributed by atoms with Crippen LogP contribution in [0.1, 0.15) is 31.2 Å². The van der Waals surface area contributed by atoms with E-state index >= 15 is 0 Å². The number of carbonyl (C=O) groups excluding carboxylic acids is 1. The van der Waals surface area contributed by atoms with Crippen LogP contribution in [0.3, 0.4) is 0 Å². The molecule has 0 aromatic heterocycles. The van der Waals surface area contributed by atoms with Crippen molar-refractivity contribution in [1.29, 1.82) is 0 Å². The van der Waals surface area contributed by atoms with E-state index in [1.54, 1.807) is 19.1 Å². The standard InChI is InChI=1S/C16H23N3O4S.ClH/c1-10-2-3-12(8-15(10)24(21,22)19-11-4-5-11)18-16(20)14-7-6-13(9-17)23-14;/h2-3,8,11,13-14,19H,4-7,9,17H2,1H3,(H,18,20);1H/t13-,14+;/m1./s1. The van der Waals surface area contributed by atoms with E-state index in [0.29, 0.717) is 24.2 Å². The molecule has 4 N–H and O–H groups in total. The van der Waals surface area contributed by atoms with Crippen molar-refractivity contribution in [2.75, 3.05) is 11.9 Å². The molecule has 1 aliphatic carbocycles. The van der Waals surface area contributed by atoms with Gasteiger partial charge in [-0.2, -0.15) is 0 Å². The second-order valence-corrected chi connectivity index (χ2v) is 8.11. The second-order valence-electron chi connectivity index (χ2n) is 6.42. The van der Waals surface area contributed by atoms with E-state index in [0.717, 1.165) is 19.3 Å². The first-order valence-corrected chi connectivity index (χ1v) is 9.67. The van der Waals surface area contributed by atoms with Gasteiger partial charge in [0.05, 0.1) is 11.0 Å². The highest BCUT2D eigenvalue weighted by atomic mass is 35.5. The van der Waals surface area contributed by atoms with E-state index in [1.165, 1.54) is 6.07 Å². The number of hydrogen-bond acceptors (Lipinski definition) is 5. The highest BCUT2D eigenvalue weighted by Crippen LogP contribution is 2.26. The Morgan fingerprint density at radius 3 is 2.60 bits per heavy atom. The van der Waals surface area contributed by atoms with Gasteiger partial charge in [-0.05, 0) is 50.3 Å². The minimum atomic E-state index is -3.57. The maximum atomic E-state index is 12.4. The maximum Gasteiger partial charge on any atom is 0.253 e. The third-order valence-corrected chi connectivity index (χ3v) is 5.97. The molecule has 2 fully saturated rings. The van der Waals surface area contributed by atoms with Gasteiger partial charge in [0.15, 0.2) is 0 Å². The summed E-state index contributed by atoms with van der Waals surface area (Å²) in [4.78, 5) is 12.5. The van der Waals surface area contributed by atoms with Crippen LogP contribution in [-0.4, -0.2) is 39.1 Å². The molecular weight excluding hydrogens is 366 g/mol. The second kappa shape index (κ2) is 8.01. The summed E-state index contributed by atoms with van der Waals surface area (Å²) in [5, 5.41) is 2.74. The number of anilines is 1. The lowest BCUT2D eigenvalue weighted by atomic mass is 10.2. The van der Waals surface area contributed by atoms with Gasteiger partial charge < -0.3 is 15.8 Å². The number of aryl methyl sites for hydroxylation is 1. The maximum absolute atomic E-state index is 12.4. The van der Waals surface area contributed by atoms with Crippen molar-refractivity contribution >= 4 is 34.0 Å². The van der Waals surface area contributed by atoms with E-state index in [1.807, 2.05) is 0 Å². The lowest BCUT2D eigenvalue weighted by molar-refractivity contribution is -0.126. The van der Waals surface area contributed by atoms with Gasteiger partial charge in [-0.25, -0.2) is 13.1 Å². The normalized spacial score (nSPS) is 23.1. The van der Waals surface area contributed by atoms with E-state index in [4.69, 9.17) is 10.5 Å². The quantitative estimate of drug-likeness (QED) is 0.679. The molecule has 140 valence electrons. The molecule has 25 heavy (non-hydrogen) atoms. The van der Waals surface area contributed by atoms with Gasteiger partial charge in [0.1, 0.15) is 6.10 Å². The summed E-state index contributed by atoms with van der Waals surface area (Å²) in [6.45, 7) is 2.13. The van der Waals surface area contributed by atoms with Crippen LogP contribution < -0.4 is 15.8 Å². The number of nitrogens with two attached hydrogens (primary N) is 1. The topological polar surface area (TPSA) is 111 Å². The van der Waals surface area contributed by atoms with Crippen molar-refractivity contribution < 1.29 is 17.9 Å². The number of halogens is 1. The average Bonchev–Trinajstić information content (AvgIpc) is 3.20. The molecule has 0 unspecified atom stereocenters. The van der Waals surface area contributed by atoms with Crippen LogP contribution in [0, 0.1) is 6.92 Å². The summed E-state index contributed by atoms with van der Waals surface area (Å²) in [7, 11) is -3.57. The monoisotopic (exact) mass is 389 g/mol. The first-order valence-electron chi connectivity index (χ1n) is 8.18. The van der Waals surface area contributed by atoms with Gasteiger partial charge in [0.2, 0.25) is 10.0 Å². The van der Waals surface area contributed by atoms with Crippen molar-refractivity contribution in [2.24, 2.45) is 5.73 Å². The van der Waals surface area contributed by atoms with Crippen molar-refractivity contribution in [3.8, 4) is 0 Å². The van der Waals surface area contributed by atoms with Gasteiger partial charge in [-0.15, -0.1) is 12.4 Å². The number of benzene rings is 1. The zero-order valence-electron chi connectivity index (χ0n) is 14.0. The summed E-state index contributed by atoms with van der Waals surface area (Å²) in [6.07, 6.45) is 2.50. The minimum absolute atomic E-state index is 0. The molecular formula is C16H24ClN3O4S. The van der Waals surface area contributed by atoms with Crippen molar-refractivity contribution in [3.63, 3.8) is 0 Å². The molecule has 1 amide bonds. The predicted octanol–water partition coefficient (Wildman–Crippen LogP) is 1.30. The Morgan fingerprint density at radius 1 is 1.28 bits per heavy atom. The number of rotatable bonds is 6. The van der Waals surface area contributed by atoms with Crippen LogP contribution in [0.15, 0.2) is 23.1 Å². The first kappa shape index (κ1) is 20.1. The van der Waals surface area contributed by atoms with Gasteiger partial charge in [-0.3, -0.25) is 4.79 Å². The van der Waals surface area contributed by atoms with Crippen molar-refractivity contribution in [3.05, 3.63) is 23.8 Å². The number of sulfonamides is 1. The van der Waals surface area contributed by atoms with Crippen molar-refractivity contribution in [1.82, 2.24) is 4.72 Å². The van der Waals surface area contributed by atoms with Crippen LogP contribution >= 0.6 is 12.4 Å². The molecule has 2 aliphatic rings. The molecule has 7 nitrogen and oxygen atoms in total. The lowest BCUT2D eigenvalue weighted by Crippen LogP contribution is -2.30. The predicted molar refractivity (Wildman–Crippen MR) is 97.3 cm³/mol. The Balaban J connectivity index is 0.00000225. The molecule has 1 aromatic rings. The Kier molecular flexibility index (Phi) is 6.45. The number of amides is 1. The van der Waals surface area contributed by atoms with E-state index in [-0.39, 0.29) is 35.4 Å². The highest BCUT2D eigenvalue weighted by Gasteiger charge is 2.31. The molecule has 3 rings (SSSR count). The number of carbonyl (C=O) groups is 1.